The van der Waals surface area contributed by atoms with Crippen molar-refractivity contribution in [1.29, 1.82) is 0 Å². The Hall–Kier alpha value is -2.42. The molecule has 3 aromatic rings. The zero-order valence-corrected chi connectivity index (χ0v) is 16.0. The van der Waals surface area contributed by atoms with Crippen LogP contribution in [-0.4, -0.2) is 32.8 Å². The summed E-state index contributed by atoms with van der Waals surface area (Å²) in [5.74, 6) is 0.501. The molecule has 0 saturated heterocycles. The molecule has 10 heteroatoms. The molecule has 8 nitrogen and oxygen atoms in total. The molecular weight excluding hydrogens is 391 g/mol. The van der Waals surface area contributed by atoms with E-state index >= 15 is 0 Å². The van der Waals surface area contributed by atoms with Crippen LogP contribution in [-0.2, 0) is 13.0 Å². The van der Waals surface area contributed by atoms with E-state index in [0.29, 0.717) is 29.0 Å². The molecule has 3 N–H and O–H groups in total. The highest BCUT2D eigenvalue weighted by molar-refractivity contribution is 6.30. The van der Waals surface area contributed by atoms with Crippen molar-refractivity contribution < 1.29 is 9.32 Å². The zero-order chi connectivity index (χ0) is 18.1. The second-order valence-electron chi connectivity index (χ2n) is 6.12. The highest BCUT2D eigenvalue weighted by Gasteiger charge is 2.24. The van der Waals surface area contributed by atoms with Crippen molar-refractivity contribution in [2.75, 3.05) is 6.54 Å². The van der Waals surface area contributed by atoms with E-state index in [1.165, 1.54) is 0 Å². The smallest absolute Gasteiger partial charge is 0.272 e. The third-order valence-corrected chi connectivity index (χ3v) is 4.54. The molecule has 1 aromatic carbocycles. The van der Waals surface area contributed by atoms with Gasteiger partial charge >= 0.3 is 0 Å². The second-order valence-corrected chi connectivity index (χ2v) is 6.55. The van der Waals surface area contributed by atoms with Crippen LogP contribution >= 0.6 is 24.0 Å². The number of carbonyl (C=O) groups is 1. The Kier molecular flexibility index (Phi) is 5.79. The van der Waals surface area contributed by atoms with Gasteiger partial charge in [0.2, 0.25) is 0 Å². The van der Waals surface area contributed by atoms with Gasteiger partial charge in [-0.3, -0.25) is 9.89 Å². The van der Waals surface area contributed by atoms with Crippen molar-refractivity contribution in [2.45, 2.75) is 25.9 Å². The van der Waals surface area contributed by atoms with Crippen molar-refractivity contribution in [3.05, 3.63) is 52.1 Å². The highest BCUT2D eigenvalue weighted by atomic mass is 35.5. The fourth-order valence-corrected chi connectivity index (χ4v) is 2.99. The summed E-state index contributed by atoms with van der Waals surface area (Å²) in [5, 5.41) is 17.8. The van der Waals surface area contributed by atoms with Gasteiger partial charge in [0.05, 0.1) is 6.04 Å². The molecule has 27 heavy (non-hydrogen) atoms. The van der Waals surface area contributed by atoms with E-state index in [0.717, 1.165) is 29.8 Å². The van der Waals surface area contributed by atoms with Crippen molar-refractivity contribution in [2.24, 2.45) is 0 Å². The van der Waals surface area contributed by atoms with E-state index in [-0.39, 0.29) is 18.3 Å². The summed E-state index contributed by atoms with van der Waals surface area (Å²) in [6, 6.07) is 6.68. The summed E-state index contributed by atoms with van der Waals surface area (Å²) in [5.41, 5.74) is 3.08. The third kappa shape index (κ3) is 3.97. The van der Waals surface area contributed by atoms with Crippen LogP contribution in [0.15, 0.2) is 28.8 Å². The average Bonchev–Trinajstić information content (AvgIpc) is 3.30. The van der Waals surface area contributed by atoms with Gasteiger partial charge in [-0.1, -0.05) is 16.8 Å². The van der Waals surface area contributed by atoms with E-state index in [2.05, 4.69) is 31.0 Å². The van der Waals surface area contributed by atoms with Crippen LogP contribution in [0.2, 0.25) is 5.02 Å². The van der Waals surface area contributed by atoms with Crippen molar-refractivity contribution in [1.82, 2.24) is 31.0 Å². The summed E-state index contributed by atoms with van der Waals surface area (Å²) in [4.78, 5) is 16.9. The number of aromatic nitrogens is 4. The van der Waals surface area contributed by atoms with E-state index in [1.807, 2.05) is 0 Å². The van der Waals surface area contributed by atoms with Crippen LogP contribution in [0.4, 0.5) is 0 Å². The van der Waals surface area contributed by atoms with Gasteiger partial charge < -0.3 is 15.2 Å². The molecule has 1 aliphatic heterocycles. The van der Waals surface area contributed by atoms with Crippen LogP contribution in [0.25, 0.3) is 11.5 Å². The number of aromatic amines is 1. The molecule has 1 amide bonds. The lowest BCUT2D eigenvalue weighted by Gasteiger charge is -2.14. The minimum absolute atomic E-state index is 0. The molecule has 0 radical (unpaired) electrons. The summed E-state index contributed by atoms with van der Waals surface area (Å²) >= 11 is 5.88. The normalized spacial score (nSPS) is 14.1. The number of carbonyl (C=O) groups excluding carboxylic acids is 1. The number of fused-ring (bicyclic) bond motifs is 1. The Morgan fingerprint density at radius 2 is 2.11 bits per heavy atom. The molecule has 0 aliphatic carbocycles. The third-order valence-electron chi connectivity index (χ3n) is 4.29. The fourth-order valence-electron chi connectivity index (χ4n) is 2.86. The first-order valence-electron chi connectivity index (χ1n) is 8.29. The van der Waals surface area contributed by atoms with Gasteiger partial charge in [0.15, 0.2) is 11.5 Å². The van der Waals surface area contributed by atoms with Crippen LogP contribution in [0, 0.1) is 0 Å². The molecule has 0 bridgehead atoms. The minimum atomic E-state index is -0.420. The monoisotopic (exact) mass is 408 g/mol. The molecule has 0 saturated carbocycles. The molecule has 1 unspecified atom stereocenters. The number of nitrogens with one attached hydrogen (secondary N) is 3. The summed E-state index contributed by atoms with van der Waals surface area (Å²) in [7, 11) is 0. The first kappa shape index (κ1) is 19.3. The minimum Gasteiger partial charge on any atom is -0.341 e. The Labute approximate surface area is 166 Å². The molecule has 3 heterocycles. The maximum Gasteiger partial charge on any atom is 0.272 e. The van der Waals surface area contributed by atoms with Gasteiger partial charge in [-0.2, -0.15) is 10.1 Å². The lowest BCUT2D eigenvalue weighted by Crippen LogP contribution is -2.30. The van der Waals surface area contributed by atoms with Gasteiger partial charge in [0.25, 0.3) is 11.8 Å². The van der Waals surface area contributed by atoms with Crippen molar-refractivity contribution in [3.8, 4) is 11.5 Å². The molecule has 2 aromatic heterocycles. The van der Waals surface area contributed by atoms with E-state index in [1.54, 1.807) is 31.2 Å². The molecule has 1 atom stereocenters. The van der Waals surface area contributed by atoms with Crippen LogP contribution < -0.4 is 10.6 Å². The van der Waals surface area contributed by atoms with Crippen LogP contribution in [0.3, 0.4) is 0 Å². The van der Waals surface area contributed by atoms with E-state index < -0.39 is 6.04 Å². The van der Waals surface area contributed by atoms with Gasteiger partial charge in [0.1, 0.15) is 0 Å². The number of H-pyrrole nitrogens is 1. The first-order valence-corrected chi connectivity index (χ1v) is 8.67. The molecule has 142 valence electrons. The largest absolute Gasteiger partial charge is 0.341 e. The van der Waals surface area contributed by atoms with Crippen LogP contribution in [0.5, 0.6) is 0 Å². The number of hydrogen-bond donors (Lipinski definition) is 3. The quantitative estimate of drug-likeness (QED) is 0.612. The SMILES string of the molecule is CC(NC(=O)c1n[nH]c2c1CNCC2)c1noc(-c2ccc(Cl)cc2)n1.Cl. The van der Waals surface area contributed by atoms with Gasteiger partial charge in [-0.05, 0) is 31.2 Å². The van der Waals surface area contributed by atoms with Gasteiger partial charge in [0, 0.05) is 41.4 Å². The Balaban J connectivity index is 0.00000210. The lowest BCUT2D eigenvalue weighted by atomic mass is 10.1. The summed E-state index contributed by atoms with van der Waals surface area (Å²) in [6.07, 6.45) is 0.834. The van der Waals surface area contributed by atoms with Crippen LogP contribution in [0.1, 0.15) is 40.5 Å². The molecule has 0 spiro atoms. The molecule has 1 aliphatic rings. The molecular formula is C17H18Cl2N6O2. The van der Waals surface area contributed by atoms with E-state index in [9.17, 15) is 4.79 Å². The second kappa shape index (κ2) is 8.08. The number of hydrogen-bond acceptors (Lipinski definition) is 6. The lowest BCUT2D eigenvalue weighted by molar-refractivity contribution is 0.0931. The highest BCUT2D eigenvalue weighted by Crippen LogP contribution is 2.22. The number of halogens is 2. The topological polar surface area (TPSA) is 109 Å². The fraction of sp³-hybridized carbons (Fsp3) is 0.294. The summed E-state index contributed by atoms with van der Waals surface area (Å²) < 4.78 is 5.29. The Bertz CT molecular complexity index is 937. The van der Waals surface area contributed by atoms with Gasteiger partial charge in [-0.15, -0.1) is 12.4 Å². The molecule has 4 rings (SSSR count). The number of benzene rings is 1. The van der Waals surface area contributed by atoms with Gasteiger partial charge in [-0.25, -0.2) is 0 Å². The summed E-state index contributed by atoms with van der Waals surface area (Å²) in [6.45, 7) is 3.31. The van der Waals surface area contributed by atoms with Crippen molar-refractivity contribution in [3.63, 3.8) is 0 Å². The first-order chi connectivity index (χ1) is 12.6. The number of amides is 1. The predicted octanol–water partition coefficient (Wildman–Crippen LogP) is 2.67. The predicted molar refractivity (Wildman–Crippen MR) is 102 cm³/mol. The maximum atomic E-state index is 12.6. The zero-order valence-electron chi connectivity index (χ0n) is 14.5. The van der Waals surface area contributed by atoms with E-state index in [4.69, 9.17) is 16.1 Å². The molecule has 0 fully saturated rings. The Morgan fingerprint density at radius 3 is 2.89 bits per heavy atom. The number of rotatable bonds is 4. The Morgan fingerprint density at radius 1 is 1.33 bits per heavy atom. The number of nitrogens with zero attached hydrogens (tertiary/aromatic N) is 3. The standard InChI is InChI=1S/C17H17ClN6O2.ClH/c1-9(15-21-17(26-24-15)10-2-4-11(18)5-3-10)20-16(25)14-12-8-19-7-6-13(12)22-23-14;/h2-5,9,19H,6-8H2,1H3,(H,20,25)(H,22,23);1H. The van der Waals surface area contributed by atoms with Crippen molar-refractivity contribution >= 4 is 29.9 Å². The average molecular weight is 409 g/mol. The maximum absolute atomic E-state index is 12.6.